The molecule has 0 radical (unpaired) electrons. The third-order valence-electron chi connectivity index (χ3n) is 2.37. The molecule has 84 valence electrons. The summed E-state index contributed by atoms with van der Waals surface area (Å²) >= 11 is 0. The zero-order chi connectivity index (χ0) is 12.4. The van der Waals surface area contributed by atoms with Crippen molar-refractivity contribution in [2.75, 3.05) is 0 Å². The van der Waals surface area contributed by atoms with Crippen LogP contribution in [0.25, 0.3) is 5.69 Å². The predicted molar refractivity (Wildman–Crippen MR) is 59.7 cm³/mol. The lowest BCUT2D eigenvalue weighted by atomic mass is 10.1. The van der Waals surface area contributed by atoms with Crippen molar-refractivity contribution in [2.45, 2.75) is 6.92 Å². The number of aryl methyl sites for hydroxylation is 1. The van der Waals surface area contributed by atoms with Gasteiger partial charge >= 0.3 is 5.69 Å². The van der Waals surface area contributed by atoms with E-state index < -0.39 is 4.92 Å². The number of nitrogens with zero attached hydrogens (tertiary/aromatic N) is 4. The first-order valence-electron chi connectivity index (χ1n) is 4.82. The zero-order valence-electron chi connectivity index (χ0n) is 8.99. The van der Waals surface area contributed by atoms with E-state index in [1.807, 2.05) is 0 Å². The Morgan fingerprint density at radius 2 is 2.29 bits per heavy atom. The molecule has 6 nitrogen and oxygen atoms in total. The summed E-state index contributed by atoms with van der Waals surface area (Å²) < 4.78 is 1.41. The van der Waals surface area contributed by atoms with Gasteiger partial charge in [0.15, 0.2) is 0 Å². The van der Waals surface area contributed by atoms with Gasteiger partial charge in [0.1, 0.15) is 12.4 Å². The average molecular weight is 228 g/mol. The summed E-state index contributed by atoms with van der Waals surface area (Å²) in [6.07, 6.45) is 2.52. The van der Waals surface area contributed by atoms with Gasteiger partial charge in [0.05, 0.1) is 22.2 Å². The molecule has 1 aromatic carbocycles. The molecule has 1 heterocycles. The fraction of sp³-hybridized carbons (Fsp3) is 0.0909. The quantitative estimate of drug-likeness (QED) is 0.580. The molecule has 0 aliphatic rings. The van der Waals surface area contributed by atoms with Crippen LogP contribution in [0.2, 0.25) is 0 Å². The lowest BCUT2D eigenvalue weighted by molar-refractivity contribution is -0.384. The predicted octanol–water partition coefficient (Wildman–Crippen LogP) is 1.96. The Balaban J connectivity index is 2.43. The fourth-order valence-corrected chi connectivity index (χ4v) is 1.46. The van der Waals surface area contributed by atoms with E-state index in [0.717, 1.165) is 5.56 Å². The van der Waals surface area contributed by atoms with Gasteiger partial charge in [0.2, 0.25) is 0 Å². The first kappa shape index (κ1) is 10.8. The van der Waals surface area contributed by atoms with Crippen LogP contribution in [0.4, 0.5) is 5.69 Å². The molecule has 2 aromatic rings. The maximum absolute atomic E-state index is 10.5. The highest BCUT2D eigenvalue weighted by Gasteiger charge is 2.10. The Morgan fingerprint density at radius 3 is 2.82 bits per heavy atom. The van der Waals surface area contributed by atoms with E-state index in [0.29, 0.717) is 11.3 Å². The van der Waals surface area contributed by atoms with E-state index in [9.17, 15) is 10.1 Å². The Bertz CT molecular complexity index is 625. The third-order valence-corrected chi connectivity index (χ3v) is 2.37. The van der Waals surface area contributed by atoms with Gasteiger partial charge in [-0.1, -0.05) is 0 Å². The highest BCUT2D eigenvalue weighted by atomic mass is 16.6. The van der Waals surface area contributed by atoms with Crippen molar-refractivity contribution in [2.24, 2.45) is 0 Å². The van der Waals surface area contributed by atoms with Crippen molar-refractivity contribution in [1.82, 2.24) is 9.78 Å². The van der Waals surface area contributed by atoms with E-state index >= 15 is 0 Å². The fourth-order valence-electron chi connectivity index (χ4n) is 1.46. The van der Waals surface area contributed by atoms with Crippen LogP contribution in [-0.2, 0) is 0 Å². The molecule has 0 spiro atoms. The maximum atomic E-state index is 10.5. The average Bonchev–Trinajstić information content (AvgIpc) is 2.78. The molecule has 6 heteroatoms. The minimum absolute atomic E-state index is 0.0630. The summed E-state index contributed by atoms with van der Waals surface area (Å²) in [7, 11) is 0. The van der Waals surface area contributed by atoms with Gasteiger partial charge in [-0.2, -0.15) is 10.4 Å². The first-order valence-corrected chi connectivity index (χ1v) is 4.82. The molecule has 0 unspecified atom stereocenters. The van der Waals surface area contributed by atoms with Gasteiger partial charge in [0.25, 0.3) is 0 Å². The minimum Gasteiger partial charge on any atom is -0.258 e. The van der Waals surface area contributed by atoms with E-state index in [-0.39, 0.29) is 5.69 Å². The highest BCUT2D eigenvalue weighted by Crippen LogP contribution is 2.16. The smallest absolute Gasteiger partial charge is 0.258 e. The summed E-state index contributed by atoms with van der Waals surface area (Å²) in [5.41, 5.74) is 2.01. The third kappa shape index (κ3) is 1.99. The van der Waals surface area contributed by atoms with Crippen LogP contribution in [0.3, 0.4) is 0 Å². The van der Waals surface area contributed by atoms with Gasteiger partial charge in [-0.15, -0.1) is 0 Å². The second-order valence-corrected chi connectivity index (χ2v) is 3.51. The van der Waals surface area contributed by atoms with Gasteiger partial charge in [-0.25, -0.2) is 4.68 Å². The van der Waals surface area contributed by atoms with Crippen molar-refractivity contribution in [1.29, 1.82) is 5.26 Å². The molecule has 0 fully saturated rings. The van der Waals surface area contributed by atoms with E-state index in [1.165, 1.54) is 17.1 Å². The largest absolute Gasteiger partial charge is 0.307 e. The number of benzene rings is 1. The van der Waals surface area contributed by atoms with Crippen LogP contribution in [0.1, 0.15) is 11.1 Å². The molecule has 0 saturated heterocycles. The Kier molecular flexibility index (Phi) is 2.58. The van der Waals surface area contributed by atoms with E-state index in [4.69, 9.17) is 5.26 Å². The molecule has 0 saturated carbocycles. The Labute approximate surface area is 96.9 Å². The summed E-state index contributed by atoms with van der Waals surface area (Å²) in [5.74, 6) is 0. The number of nitro groups is 1. The molecule has 0 aliphatic carbocycles. The van der Waals surface area contributed by atoms with Crippen LogP contribution in [0.5, 0.6) is 0 Å². The number of hydrogen-bond donors (Lipinski definition) is 0. The first-order chi connectivity index (χ1) is 8.11. The molecular formula is C11H8N4O2. The van der Waals surface area contributed by atoms with Gasteiger partial charge < -0.3 is 0 Å². The number of hydrogen-bond acceptors (Lipinski definition) is 4. The molecule has 0 atom stereocenters. The summed E-state index contributed by atoms with van der Waals surface area (Å²) in [6, 6.07) is 7.18. The van der Waals surface area contributed by atoms with Crippen molar-refractivity contribution >= 4 is 5.69 Å². The highest BCUT2D eigenvalue weighted by molar-refractivity contribution is 5.45. The van der Waals surface area contributed by atoms with Crippen LogP contribution >= 0.6 is 0 Å². The molecular weight excluding hydrogens is 220 g/mol. The lowest BCUT2D eigenvalue weighted by Gasteiger charge is -2.02. The van der Waals surface area contributed by atoms with Crippen molar-refractivity contribution in [3.05, 3.63) is 51.8 Å². The van der Waals surface area contributed by atoms with Crippen LogP contribution in [0.15, 0.2) is 30.6 Å². The standard InChI is InChI=1S/C11H8N4O2/c1-8-4-10(3-2-9(8)5-12)14-7-11(6-13-14)15(16)17/h2-4,6-7H,1H3. The van der Waals surface area contributed by atoms with Gasteiger partial charge in [-0.3, -0.25) is 10.1 Å². The molecule has 1 aromatic heterocycles. The monoisotopic (exact) mass is 228 g/mol. The molecule has 0 amide bonds. The van der Waals surface area contributed by atoms with Crippen molar-refractivity contribution in [3.8, 4) is 11.8 Å². The lowest BCUT2D eigenvalue weighted by Crippen LogP contribution is -1.95. The molecule has 0 N–H and O–H groups in total. The minimum atomic E-state index is -0.500. The van der Waals surface area contributed by atoms with Gasteiger partial charge in [0, 0.05) is 0 Å². The zero-order valence-corrected chi connectivity index (χ0v) is 8.99. The summed E-state index contributed by atoms with van der Waals surface area (Å²) in [5, 5.41) is 23.2. The second kappa shape index (κ2) is 4.06. The maximum Gasteiger partial charge on any atom is 0.307 e. The van der Waals surface area contributed by atoms with Crippen LogP contribution in [-0.4, -0.2) is 14.7 Å². The van der Waals surface area contributed by atoms with Crippen molar-refractivity contribution in [3.63, 3.8) is 0 Å². The van der Waals surface area contributed by atoms with E-state index in [1.54, 1.807) is 25.1 Å². The summed E-state index contributed by atoms with van der Waals surface area (Å²) in [4.78, 5) is 10.0. The topological polar surface area (TPSA) is 84.8 Å². The molecule has 0 aliphatic heterocycles. The molecule has 17 heavy (non-hydrogen) atoms. The van der Waals surface area contributed by atoms with Gasteiger partial charge in [-0.05, 0) is 30.7 Å². The summed E-state index contributed by atoms with van der Waals surface area (Å²) in [6.45, 7) is 1.81. The number of rotatable bonds is 2. The Hall–Kier alpha value is -2.68. The molecule has 0 bridgehead atoms. The second-order valence-electron chi connectivity index (χ2n) is 3.51. The van der Waals surface area contributed by atoms with Crippen LogP contribution < -0.4 is 0 Å². The van der Waals surface area contributed by atoms with Crippen molar-refractivity contribution < 1.29 is 4.92 Å². The van der Waals surface area contributed by atoms with E-state index in [2.05, 4.69) is 11.2 Å². The number of aromatic nitrogens is 2. The Morgan fingerprint density at radius 1 is 1.53 bits per heavy atom. The SMILES string of the molecule is Cc1cc(-n2cc([N+](=O)[O-])cn2)ccc1C#N. The van der Waals surface area contributed by atoms with Crippen LogP contribution in [0, 0.1) is 28.4 Å². The normalized spacial score (nSPS) is 9.88. The number of nitriles is 1. The molecule has 2 rings (SSSR count).